The van der Waals surface area contributed by atoms with Crippen LogP contribution < -0.4 is 5.73 Å². The molecular formula is C10H12BrClF3NO. The molecule has 0 unspecified atom stereocenters. The van der Waals surface area contributed by atoms with Gasteiger partial charge >= 0.3 is 6.18 Å². The van der Waals surface area contributed by atoms with E-state index in [4.69, 9.17) is 5.73 Å². The Kier molecular flexibility index (Phi) is 6.29. The maximum Gasteiger partial charge on any atom is 0.389 e. The van der Waals surface area contributed by atoms with E-state index in [9.17, 15) is 18.3 Å². The van der Waals surface area contributed by atoms with Crippen LogP contribution in [0.15, 0.2) is 22.7 Å². The molecule has 7 heteroatoms. The second-order valence-electron chi connectivity index (χ2n) is 3.47. The Balaban J connectivity index is 0.00000256. The summed E-state index contributed by atoms with van der Waals surface area (Å²) in [5, 5.41) is 9.22. The summed E-state index contributed by atoms with van der Waals surface area (Å²) in [6, 6.07) is 3.75. The normalized spacial score (nSPS) is 13.0. The van der Waals surface area contributed by atoms with Crippen LogP contribution >= 0.6 is 28.3 Å². The zero-order chi connectivity index (χ0) is 12.3. The molecule has 3 N–H and O–H groups in total. The van der Waals surface area contributed by atoms with Gasteiger partial charge in [-0.1, -0.05) is 6.07 Å². The highest BCUT2D eigenvalue weighted by Gasteiger charge is 2.27. The zero-order valence-corrected chi connectivity index (χ0v) is 11.1. The van der Waals surface area contributed by atoms with Gasteiger partial charge in [0.05, 0.1) is 4.47 Å². The molecule has 98 valence electrons. The van der Waals surface area contributed by atoms with Crippen LogP contribution in [0.2, 0.25) is 0 Å². The molecule has 0 heterocycles. The summed E-state index contributed by atoms with van der Waals surface area (Å²) in [6.45, 7) is 0. The van der Waals surface area contributed by atoms with Crippen molar-refractivity contribution in [2.75, 3.05) is 0 Å². The lowest BCUT2D eigenvalue weighted by atomic mass is 10.0. The van der Waals surface area contributed by atoms with Crippen LogP contribution in [0.5, 0.6) is 5.75 Å². The Hall–Kier alpha value is -0.460. The summed E-state index contributed by atoms with van der Waals surface area (Å²) in [6.07, 6.45) is -5.26. The van der Waals surface area contributed by atoms with Crippen molar-refractivity contribution in [3.8, 4) is 5.75 Å². The number of alkyl halides is 3. The lowest BCUT2D eigenvalue weighted by molar-refractivity contribution is -0.136. The van der Waals surface area contributed by atoms with Crippen LogP contribution in [-0.2, 0) is 0 Å². The lowest BCUT2D eigenvalue weighted by Crippen LogP contribution is -2.15. The van der Waals surface area contributed by atoms with Gasteiger partial charge in [0.1, 0.15) is 5.75 Å². The van der Waals surface area contributed by atoms with Gasteiger partial charge in [-0.2, -0.15) is 13.2 Å². The molecule has 1 rings (SSSR count). The first-order valence-corrected chi connectivity index (χ1v) is 5.39. The molecule has 0 saturated carbocycles. The van der Waals surface area contributed by atoms with Crippen LogP contribution in [-0.4, -0.2) is 11.3 Å². The molecule has 0 aliphatic carbocycles. The smallest absolute Gasteiger partial charge is 0.389 e. The third kappa shape index (κ3) is 5.61. The third-order valence-corrected chi connectivity index (χ3v) is 2.77. The first-order valence-electron chi connectivity index (χ1n) is 4.60. The van der Waals surface area contributed by atoms with Crippen molar-refractivity contribution >= 4 is 28.3 Å². The topological polar surface area (TPSA) is 46.2 Å². The van der Waals surface area contributed by atoms with E-state index in [0.717, 1.165) is 0 Å². The molecule has 0 spiro atoms. The van der Waals surface area contributed by atoms with Gasteiger partial charge in [-0.25, -0.2) is 0 Å². The van der Waals surface area contributed by atoms with Gasteiger partial charge in [0.25, 0.3) is 0 Å². The number of rotatable bonds is 3. The number of hydrogen-bond donors (Lipinski definition) is 2. The first-order chi connectivity index (χ1) is 7.29. The molecule has 2 nitrogen and oxygen atoms in total. The van der Waals surface area contributed by atoms with E-state index in [1.54, 1.807) is 0 Å². The van der Waals surface area contributed by atoms with Gasteiger partial charge in [0.2, 0.25) is 0 Å². The van der Waals surface area contributed by atoms with Gasteiger partial charge < -0.3 is 10.8 Å². The average molecular weight is 335 g/mol. The van der Waals surface area contributed by atoms with E-state index in [1.807, 2.05) is 0 Å². The van der Waals surface area contributed by atoms with Crippen molar-refractivity contribution in [1.82, 2.24) is 0 Å². The fourth-order valence-electron chi connectivity index (χ4n) is 1.24. The molecule has 0 saturated heterocycles. The maximum atomic E-state index is 12.0. The largest absolute Gasteiger partial charge is 0.507 e. The number of halogens is 5. The van der Waals surface area contributed by atoms with Crippen molar-refractivity contribution in [3.63, 3.8) is 0 Å². The van der Waals surface area contributed by atoms with E-state index in [2.05, 4.69) is 15.9 Å². The minimum Gasteiger partial charge on any atom is -0.507 e. The zero-order valence-electron chi connectivity index (χ0n) is 8.67. The average Bonchev–Trinajstić information content (AvgIpc) is 2.17. The fraction of sp³-hybridized carbons (Fsp3) is 0.400. The molecule has 0 bridgehead atoms. The number of hydrogen-bond acceptors (Lipinski definition) is 2. The Morgan fingerprint density at radius 2 is 1.94 bits per heavy atom. The predicted molar refractivity (Wildman–Crippen MR) is 65.3 cm³/mol. The fourth-order valence-corrected chi connectivity index (χ4v) is 1.64. The van der Waals surface area contributed by atoms with Crippen molar-refractivity contribution in [1.29, 1.82) is 0 Å². The Labute approximate surface area is 112 Å². The summed E-state index contributed by atoms with van der Waals surface area (Å²) in [7, 11) is 0. The molecule has 0 aliphatic rings. The number of aromatic hydroxyl groups is 1. The predicted octanol–water partition coefficient (Wildman–Crippen LogP) is 3.92. The van der Waals surface area contributed by atoms with Crippen LogP contribution in [0.3, 0.4) is 0 Å². The first kappa shape index (κ1) is 16.5. The molecule has 0 radical (unpaired) electrons. The number of benzene rings is 1. The van der Waals surface area contributed by atoms with E-state index in [0.29, 0.717) is 10.0 Å². The van der Waals surface area contributed by atoms with E-state index < -0.39 is 18.6 Å². The lowest BCUT2D eigenvalue weighted by Gasteiger charge is -2.14. The summed E-state index contributed by atoms with van der Waals surface area (Å²) in [5.41, 5.74) is 6.18. The van der Waals surface area contributed by atoms with Crippen molar-refractivity contribution in [2.45, 2.75) is 25.1 Å². The molecule has 0 aliphatic heterocycles. The molecule has 0 fully saturated rings. The van der Waals surface area contributed by atoms with E-state index in [1.165, 1.54) is 18.2 Å². The molecule has 1 aromatic rings. The SMILES string of the molecule is Cl.N[C@@H](CCC(F)(F)F)c1ccc(O)c(Br)c1. The van der Waals surface area contributed by atoms with Gasteiger partial charge in [-0.05, 0) is 40.0 Å². The minimum absolute atomic E-state index is 0. The van der Waals surface area contributed by atoms with Gasteiger partial charge in [-0.15, -0.1) is 12.4 Å². The van der Waals surface area contributed by atoms with Crippen molar-refractivity contribution in [2.24, 2.45) is 5.73 Å². The van der Waals surface area contributed by atoms with E-state index in [-0.39, 0.29) is 24.6 Å². The molecular weight excluding hydrogens is 322 g/mol. The Morgan fingerprint density at radius 1 is 1.35 bits per heavy atom. The van der Waals surface area contributed by atoms with Crippen molar-refractivity contribution in [3.05, 3.63) is 28.2 Å². The monoisotopic (exact) mass is 333 g/mol. The highest BCUT2D eigenvalue weighted by molar-refractivity contribution is 9.10. The van der Waals surface area contributed by atoms with Crippen LogP contribution in [0.25, 0.3) is 0 Å². The number of phenols is 1. The summed E-state index contributed by atoms with van der Waals surface area (Å²) in [4.78, 5) is 0. The highest BCUT2D eigenvalue weighted by Crippen LogP contribution is 2.30. The maximum absolute atomic E-state index is 12.0. The van der Waals surface area contributed by atoms with Crippen LogP contribution in [0.1, 0.15) is 24.4 Å². The molecule has 1 aromatic carbocycles. The second-order valence-corrected chi connectivity index (χ2v) is 4.33. The summed E-state index contributed by atoms with van der Waals surface area (Å²) >= 11 is 3.08. The quantitative estimate of drug-likeness (QED) is 0.880. The molecule has 1 atom stereocenters. The minimum atomic E-state index is -4.19. The van der Waals surface area contributed by atoms with E-state index >= 15 is 0 Å². The van der Waals surface area contributed by atoms with Gasteiger partial charge in [0.15, 0.2) is 0 Å². The van der Waals surface area contributed by atoms with Gasteiger partial charge in [-0.3, -0.25) is 0 Å². The second kappa shape index (κ2) is 6.47. The van der Waals surface area contributed by atoms with Crippen molar-refractivity contribution < 1.29 is 18.3 Å². The number of phenolic OH excluding ortho intramolecular Hbond substituents is 1. The third-order valence-electron chi connectivity index (χ3n) is 2.14. The summed E-state index contributed by atoms with van der Waals surface area (Å²) in [5.74, 6) is 0.0340. The Bertz CT molecular complexity index is 373. The standard InChI is InChI=1S/C10H11BrF3NO.ClH/c11-7-5-6(1-2-9(7)16)8(15)3-4-10(12,13)14;/h1-2,5,8,16H,3-4,15H2;1H/t8-;/m0./s1. The molecule has 17 heavy (non-hydrogen) atoms. The molecule has 0 aromatic heterocycles. The van der Waals surface area contributed by atoms with Crippen LogP contribution in [0.4, 0.5) is 13.2 Å². The van der Waals surface area contributed by atoms with Crippen LogP contribution in [0, 0.1) is 0 Å². The molecule has 0 amide bonds. The highest BCUT2D eigenvalue weighted by atomic mass is 79.9. The Morgan fingerprint density at radius 3 is 2.41 bits per heavy atom. The van der Waals surface area contributed by atoms with Gasteiger partial charge in [0, 0.05) is 12.5 Å². The number of nitrogens with two attached hydrogens (primary N) is 1. The summed E-state index contributed by atoms with van der Waals surface area (Å²) < 4.78 is 36.3.